The summed E-state index contributed by atoms with van der Waals surface area (Å²) in [5, 5.41) is 4.16. The van der Waals surface area contributed by atoms with E-state index in [1.54, 1.807) is 10.9 Å². The van der Waals surface area contributed by atoms with Crippen LogP contribution in [0.25, 0.3) is 22.6 Å². The number of fused-ring (bicyclic) bond motifs is 2. The number of rotatable bonds is 1. The molecule has 0 bridgehead atoms. The predicted molar refractivity (Wildman–Crippen MR) is 73.9 cm³/mol. The van der Waals surface area contributed by atoms with E-state index < -0.39 is 0 Å². The summed E-state index contributed by atoms with van der Waals surface area (Å²) < 4.78 is 13.2. The van der Waals surface area contributed by atoms with Crippen molar-refractivity contribution in [3.63, 3.8) is 0 Å². The zero-order valence-corrected chi connectivity index (χ0v) is 11.1. The normalized spacial score (nSPS) is 14.4. The lowest BCUT2D eigenvalue weighted by molar-refractivity contribution is 0.297. The molecule has 0 aliphatic carbocycles. The van der Waals surface area contributed by atoms with E-state index in [1.807, 2.05) is 25.2 Å². The van der Waals surface area contributed by atoms with Crippen LogP contribution in [0.2, 0.25) is 0 Å². The molecule has 3 heterocycles. The first kappa shape index (κ1) is 11.3. The number of aromatic amines is 1. The molecule has 0 fully saturated rings. The van der Waals surface area contributed by atoms with Crippen LogP contribution in [0.15, 0.2) is 24.4 Å². The first-order chi connectivity index (χ1) is 9.81. The quantitative estimate of drug-likeness (QED) is 0.735. The molecule has 1 aromatic carbocycles. The first-order valence-electron chi connectivity index (χ1n) is 6.59. The van der Waals surface area contributed by atoms with Crippen LogP contribution in [-0.2, 0) is 7.05 Å². The molecule has 20 heavy (non-hydrogen) atoms. The van der Waals surface area contributed by atoms with Gasteiger partial charge in [-0.3, -0.25) is 4.68 Å². The molecule has 1 aliphatic rings. The van der Waals surface area contributed by atoms with Crippen LogP contribution in [-0.4, -0.2) is 33.0 Å². The summed E-state index contributed by atoms with van der Waals surface area (Å²) in [6, 6.07) is 5.80. The van der Waals surface area contributed by atoms with E-state index in [9.17, 15) is 0 Å². The van der Waals surface area contributed by atoms with E-state index >= 15 is 0 Å². The molecular weight excluding hydrogens is 256 g/mol. The number of aryl methyl sites for hydroxylation is 1. The van der Waals surface area contributed by atoms with Gasteiger partial charge in [0.25, 0.3) is 0 Å². The topological polar surface area (TPSA) is 65.0 Å². The van der Waals surface area contributed by atoms with Crippen LogP contribution >= 0.6 is 0 Å². The summed E-state index contributed by atoms with van der Waals surface area (Å²) in [6.45, 7) is 1.36. The van der Waals surface area contributed by atoms with Crippen molar-refractivity contribution < 1.29 is 9.47 Å². The van der Waals surface area contributed by atoms with Crippen LogP contribution in [0.1, 0.15) is 6.42 Å². The van der Waals surface area contributed by atoms with Crippen molar-refractivity contribution in [2.24, 2.45) is 7.05 Å². The van der Waals surface area contributed by atoms with Crippen molar-refractivity contribution >= 4 is 11.0 Å². The Morgan fingerprint density at radius 1 is 1.20 bits per heavy atom. The van der Waals surface area contributed by atoms with Crippen molar-refractivity contribution in [1.29, 1.82) is 0 Å². The van der Waals surface area contributed by atoms with Crippen molar-refractivity contribution in [2.45, 2.75) is 6.42 Å². The van der Waals surface area contributed by atoms with Crippen LogP contribution in [0.5, 0.6) is 11.5 Å². The fourth-order valence-corrected chi connectivity index (χ4v) is 2.39. The highest BCUT2D eigenvalue weighted by Crippen LogP contribution is 2.34. The van der Waals surface area contributed by atoms with Gasteiger partial charge in [-0.1, -0.05) is 0 Å². The number of aromatic nitrogens is 4. The van der Waals surface area contributed by atoms with E-state index in [-0.39, 0.29) is 0 Å². The molecule has 0 saturated carbocycles. The largest absolute Gasteiger partial charge is 0.489 e. The number of hydrogen-bond donors (Lipinski definition) is 1. The number of benzene rings is 1. The number of ether oxygens (including phenoxy) is 2. The molecule has 2 aromatic heterocycles. The first-order valence-corrected chi connectivity index (χ1v) is 6.59. The van der Waals surface area contributed by atoms with Crippen LogP contribution in [0.4, 0.5) is 0 Å². The predicted octanol–water partition coefficient (Wildman–Crippen LogP) is 2.12. The molecule has 0 saturated heterocycles. The standard InChI is InChI=1S/C14H14N4O2/c1-18-11(3-4-15-18)14-16-9-7-12-13(8-10(9)17-14)20-6-2-5-19-12/h3-4,7-8H,2,5-6H2,1H3,(H,16,17). The minimum Gasteiger partial charge on any atom is -0.489 e. The lowest BCUT2D eigenvalue weighted by Crippen LogP contribution is -1.97. The van der Waals surface area contributed by atoms with Gasteiger partial charge in [0.15, 0.2) is 17.3 Å². The smallest absolute Gasteiger partial charge is 0.163 e. The number of hydrogen-bond acceptors (Lipinski definition) is 4. The summed E-state index contributed by atoms with van der Waals surface area (Å²) in [7, 11) is 1.89. The zero-order valence-electron chi connectivity index (χ0n) is 11.1. The lowest BCUT2D eigenvalue weighted by atomic mass is 10.3. The Kier molecular flexibility index (Phi) is 2.42. The average Bonchev–Trinajstić information content (AvgIpc) is 2.96. The van der Waals surface area contributed by atoms with Crippen LogP contribution in [0.3, 0.4) is 0 Å². The van der Waals surface area contributed by atoms with Gasteiger partial charge in [-0.15, -0.1) is 0 Å². The monoisotopic (exact) mass is 270 g/mol. The maximum absolute atomic E-state index is 5.69. The molecule has 0 spiro atoms. The molecule has 1 aliphatic heterocycles. The maximum atomic E-state index is 5.69. The van der Waals surface area contributed by atoms with E-state index in [0.29, 0.717) is 13.2 Å². The molecule has 3 aromatic rings. The fourth-order valence-electron chi connectivity index (χ4n) is 2.39. The third kappa shape index (κ3) is 1.72. The second kappa shape index (κ2) is 4.26. The minimum atomic E-state index is 0.678. The van der Waals surface area contributed by atoms with Gasteiger partial charge in [-0.2, -0.15) is 5.10 Å². The van der Waals surface area contributed by atoms with Gasteiger partial charge < -0.3 is 14.5 Å². The summed E-state index contributed by atoms with van der Waals surface area (Å²) in [5.74, 6) is 2.33. The van der Waals surface area contributed by atoms with Crippen molar-refractivity contribution in [3.8, 4) is 23.0 Å². The minimum absolute atomic E-state index is 0.678. The number of nitrogens with one attached hydrogen (secondary N) is 1. The molecule has 0 amide bonds. The van der Waals surface area contributed by atoms with Gasteiger partial charge in [0.1, 0.15) is 5.69 Å². The van der Waals surface area contributed by atoms with Gasteiger partial charge in [0, 0.05) is 31.8 Å². The molecule has 102 valence electrons. The Morgan fingerprint density at radius 2 is 2.00 bits per heavy atom. The fraction of sp³-hybridized carbons (Fsp3) is 0.286. The number of imidazole rings is 1. The summed E-state index contributed by atoms with van der Waals surface area (Å²) >= 11 is 0. The Bertz CT molecular complexity index is 732. The van der Waals surface area contributed by atoms with Crippen molar-refractivity contribution in [3.05, 3.63) is 24.4 Å². The summed E-state index contributed by atoms with van der Waals surface area (Å²) in [4.78, 5) is 7.90. The average molecular weight is 270 g/mol. The highest BCUT2D eigenvalue weighted by molar-refractivity contribution is 5.82. The molecule has 1 N–H and O–H groups in total. The van der Waals surface area contributed by atoms with Gasteiger partial charge >= 0.3 is 0 Å². The molecular formula is C14H14N4O2. The second-order valence-corrected chi connectivity index (χ2v) is 4.79. The van der Waals surface area contributed by atoms with E-state index in [0.717, 1.165) is 40.5 Å². The summed E-state index contributed by atoms with van der Waals surface area (Å²) in [5.41, 5.74) is 2.74. The SMILES string of the molecule is Cn1nccc1-c1nc2cc3c(cc2[nH]1)OCCCO3. The molecule has 0 unspecified atom stereocenters. The Morgan fingerprint density at radius 3 is 2.75 bits per heavy atom. The highest BCUT2D eigenvalue weighted by atomic mass is 16.5. The van der Waals surface area contributed by atoms with Gasteiger partial charge in [0.2, 0.25) is 0 Å². The molecule has 6 heteroatoms. The lowest BCUT2D eigenvalue weighted by Gasteiger charge is -2.05. The van der Waals surface area contributed by atoms with Crippen molar-refractivity contribution in [1.82, 2.24) is 19.7 Å². The summed E-state index contributed by atoms with van der Waals surface area (Å²) in [6.07, 6.45) is 2.65. The van der Waals surface area contributed by atoms with E-state index in [1.165, 1.54) is 0 Å². The van der Waals surface area contributed by atoms with Crippen LogP contribution in [0, 0.1) is 0 Å². The van der Waals surface area contributed by atoms with Gasteiger partial charge in [-0.25, -0.2) is 4.98 Å². The molecule has 0 radical (unpaired) electrons. The second-order valence-electron chi connectivity index (χ2n) is 4.79. The van der Waals surface area contributed by atoms with Crippen LogP contribution < -0.4 is 9.47 Å². The maximum Gasteiger partial charge on any atom is 0.163 e. The van der Waals surface area contributed by atoms with E-state index in [2.05, 4.69) is 15.1 Å². The van der Waals surface area contributed by atoms with Crippen molar-refractivity contribution in [2.75, 3.05) is 13.2 Å². The third-order valence-corrected chi connectivity index (χ3v) is 3.41. The Hall–Kier alpha value is -2.50. The van der Waals surface area contributed by atoms with Gasteiger partial charge in [0.05, 0.1) is 24.2 Å². The molecule has 6 nitrogen and oxygen atoms in total. The molecule has 0 atom stereocenters. The zero-order chi connectivity index (χ0) is 13.5. The Balaban J connectivity index is 1.86. The van der Waals surface area contributed by atoms with Gasteiger partial charge in [-0.05, 0) is 6.07 Å². The number of nitrogens with zero attached hydrogens (tertiary/aromatic N) is 3. The van der Waals surface area contributed by atoms with E-state index in [4.69, 9.17) is 9.47 Å². The third-order valence-electron chi connectivity index (χ3n) is 3.41. The molecule has 4 rings (SSSR count). The highest BCUT2D eigenvalue weighted by Gasteiger charge is 2.15. The Labute approximate surface area is 115 Å². The number of H-pyrrole nitrogens is 1.